The maximum absolute atomic E-state index is 13.0. The van der Waals surface area contributed by atoms with Crippen LogP contribution in [-0.2, 0) is 13.0 Å². The average Bonchev–Trinajstić information content (AvgIpc) is 3.06. The molecule has 0 aliphatic rings. The molecule has 0 fully saturated rings. The van der Waals surface area contributed by atoms with Gasteiger partial charge in [-0.2, -0.15) is 0 Å². The summed E-state index contributed by atoms with van der Waals surface area (Å²) >= 11 is 0. The van der Waals surface area contributed by atoms with Gasteiger partial charge in [0.05, 0.1) is 6.54 Å². The molecule has 0 saturated carbocycles. The van der Waals surface area contributed by atoms with Crippen LogP contribution >= 0.6 is 0 Å². The van der Waals surface area contributed by atoms with Crippen LogP contribution in [0.4, 0.5) is 0 Å². The van der Waals surface area contributed by atoms with E-state index in [1.165, 1.54) is 5.56 Å². The summed E-state index contributed by atoms with van der Waals surface area (Å²) in [5, 5.41) is 6.15. The van der Waals surface area contributed by atoms with Crippen LogP contribution in [0, 0.1) is 0 Å². The van der Waals surface area contributed by atoms with Crippen LogP contribution in [0.2, 0.25) is 0 Å². The first-order valence-electron chi connectivity index (χ1n) is 8.58. The van der Waals surface area contributed by atoms with Gasteiger partial charge in [-0.05, 0) is 54.7 Å². The van der Waals surface area contributed by atoms with Gasteiger partial charge in [0.25, 0.3) is 5.56 Å². The maximum Gasteiger partial charge on any atom is 0.258 e. The predicted molar refractivity (Wildman–Crippen MR) is 103 cm³/mol. The number of benzene rings is 2. The third kappa shape index (κ3) is 2.85. The molecule has 0 amide bonds. The minimum Gasteiger partial charge on any atom is -0.361 e. The highest BCUT2D eigenvalue weighted by Gasteiger charge is 2.11. The van der Waals surface area contributed by atoms with Crippen LogP contribution in [0.5, 0.6) is 0 Å². The monoisotopic (exact) mass is 331 g/mol. The third-order valence-corrected chi connectivity index (χ3v) is 4.72. The van der Waals surface area contributed by atoms with Crippen molar-refractivity contribution in [2.75, 3.05) is 13.6 Å². The van der Waals surface area contributed by atoms with E-state index >= 15 is 0 Å². The lowest BCUT2D eigenvalue weighted by Crippen LogP contribution is -2.20. The standard InChI is InChI=1S/C21H21N3O/c1-22-11-9-16-13-23-19-8-7-18-17(20(16)19)10-12-24(21(18)25)14-15-5-3-2-4-6-15/h2-8,10,12-13,22-23H,9,11,14H2,1H3. The fourth-order valence-corrected chi connectivity index (χ4v) is 3.43. The van der Waals surface area contributed by atoms with Crippen LogP contribution in [-0.4, -0.2) is 23.1 Å². The fourth-order valence-electron chi connectivity index (χ4n) is 3.43. The van der Waals surface area contributed by atoms with Crippen molar-refractivity contribution in [1.29, 1.82) is 0 Å². The van der Waals surface area contributed by atoms with E-state index in [4.69, 9.17) is 0 Å². The fraction of sp³-hybridized carbons (Fsp3) is 0.190. The molecule has 0 unspecified atom stereocenters. The van der Waals surface area contributed by atoms with Crippen LogP contribution < -0.4 is 10.9 Å². The van der Waals surface area contributed by atoms with Crippen molar-refractivity contribution < 1.29 is 0 Å². The Hall–Kier alpha value is -2.85. The molecular weight excluding hydrogens is 310 g/mol. The number of aromatic amines is 1. The Labute approximate surface area is 146 Å². The number of H-pyrrole nitrogens is 1. The van der Waals surface area contributed by atoms with E-state index in [0.717, 1.165) is 40.2 Å². The van der Waals surface area contributed by atoms with Crippen molar-refractivity contribution in [3.8, 4) is 0 Å². The van der Waals surface area contributed by atoms with Crippen LogP contribution in [0.15, 0.2) is 65.7 Å². The Balaban J connectivity index is 1.84. The van der Waals surface area contributed by atoms with Crippen molar-refractivity contribution in [1.82, 2.24) is 14.9 Å². The number of pyridine rings is 1. The summed E-state index contributed by atoms with van der Waals surface area (Å²) in [7, 11) is 1.95. The molecule has 0 radical (unpaired) electrons. The van der Waals surface area contributed by atoms with Crippen molar-refractivity contribution in [3.63, 3.8) is 0 Å². The van der Waals surface area contributed by atoms with E-state index in [1.807, 2.05) is 55.7 Å². The molecule has 25 heavy (non-hydrogen) atoms. The maximum atomic E-state index is 13.0. The summed E-state index contributed by atoms with van der Waals surface area (Å²) in [5.41, 5.74) is 3.51. The molecule has 4 aromatic rings. The Bertz CT molecular complexity index is 1080. The average molecular weight is 331 g/mol. The number of aromatic nitrogens is 2. The number of likely N-dealkylation sites (N-methyl/N-ethyl adjacent to an activating group) is 1. The number of hydrogen-bond donors (Lipinski definition) is 2. The summed E-state index contributed by atoms with van der Waals surface area (Å²) in [4.78, 5) is 16.3. The summed E-state index contributed by atoms with van der Waals surface area (Å²) in [6, 6.07) is 16.1. The predicted octanol–water partition coefficient (Wildman–Crippen LogP) is 3.29. The smallest absolute Gasteiger partial charge is 0.258 e. The van der Waals surface area contributed by atoms with Gasteiger partial charge in [0.1, 0.15) is 0 Å². The van der Waals surface area contributed by atoms with Crippen LogP contribution in [0.3, 0.4) is 0 Å². The van der Waals surface area contributed by atoms with Gasteiger partial charge in [0.15, 0.2) is 0 Å². The number of nitrogens with one attached hydrogen (secondary N) is 2. The summed E-state index contributed by atoms with van der Waals surface area (Å²) < 4.78 is 1.78. The van der Waals surface area contributed by atoms with E-state index in [2.05, 4.69) is 22.6 Å². The van der Waals surface area contributed by atoms with E-state index in [9.17, 15) is 4.79 Å². The zero-order valence-corrected chi connectivity index (χ0v) is 14.3. The zero-order chi connectivity index (χ0) is 17.2. The van der Waals surface area contributed by atoms with E-state index in [-0.39, 0.29) is 5.56 Å². The molecule has 2 aromatic heterocycles. The molecule has 126 valence electrons. The molecule has 4 heteroatoms. The lowest BCUT2D eigenvalue weighted by molar-refractivity contribution is 0.768. The first-order chi connectivity index (χ1) is 12.3. The summed E-state index contributed by atoms with van der Waals surface area (Å²) in [6.45, 7) is 1.50. The van der Waals surface area contributed by atoms with Gasteiger partial charge >= 0.3 is 0 Å². The molecule has 0 saturated heterocycles. The number of nitrogens with zero attached hydrogens (tertiary/aromatic N) is 1. The van der Waals surface area contributed by atoms with Crippen LogP contribution in [0.1, 0.15) is 11.1 Å². The van der Waals surface area contributed by atoms with Gasteiger partial charge in [0, 0.05) is 28.7 Å². The first-order valence-corrected chi connectivity index (χ1v) is 8.58. The molecule has 0 spiro atoms. The summed E-state index contributed by atoms with van der Waals surface area (Å²) in [5.74, 6) is 0. The van der Waals surface area contributed by atoms with E-state index in [1.54, 1.807) is 4.57 Å². The molecule has 2 heterocycles. The second-order valence-electron chi connectivity index (χ2n) is 6.35. The lowest BCUT2D eigenvalue weighted by Gasteiger charge is -2.09. The number of hydrogen-bond acceptors (Lipinski definition) is 2. The van der Waals surface area contributed by atoms with Crippen LogP contribution in [0.25, 0.3) is 21.7 Å². The number of fused-ring (bicyclic) bond motifs is 3. The molecular formula is C21H21N3O. The summed E-state index contributed by atoms with van der Waals surface area (Å²) in [6.07, 6.45) is 4.89. The minimum absolute atomic E-state index is 0.0593. The molecule has 0 atom stereocenters. The van der Waals surface area contributed by atoms with Crippen molar-refractivity contribution >= 4 is 21.7 Å². The van der Waals surface area contributed by atoms with Gasteiger partial charge in [-0.1, -0.05) is 30.3 Å². The molecule has 0 aliphatic carbocycles. The number of rotatable bonds is 5. The van der Waals surface area contributed by atoms with Crippen molar-refractivity contribution in [3.05, 3.63) is 82.4 Å². The lowest BCUT2D eigenvalue weighted by atomic mass is 10.0. The van der Waals surface area contributed by atoms with Crippen molar-refractivity contribution in [2.24, 2.45) is 0 Å². The molecule has 2 N–H and O–H groups in total. The Morgan fingerprint density at radius 3 is 2.68 bits per heavy atom. The van der Waals surface area contributed by atoms with Gasteiger partial charge in [0.2, 0.25) is 0 Å². The Kier molecular flexibility index (Phi) is 4.12. The third-order valence-electron chi connectivity index (χ3n) is 4.72. The minimum atomic E-state index is 0.0593. The molecule has 0 aliphatic heterocycles. The normalized spacial score (nSPS) is 11.4. The van der Waals surface area contributed by atoms with Gasteiger partial charge < -0.3 is 14.9 Å². The van der Waals surface area contributed by atoms with E-state index in [0.29, 0.717) is 6.54 Å². The highest BCUT2D eigenvalue weighted by molar-refractivity contribution is 6.07. The highest BCUT2D eigenvalue weighted by Crippen LogP contribution is 2.26. The van der Waals surface area contributed by atoms with E-state index < -0.39 is 0 Å². The highest BCUT2D eigenvalue weighted by atomic mass is 16.1. The first kappa shape index (κ1) is 15.7. The largest absolute Gasteiger partial charge is 0.361 e. The topological polar surface area (TPSA) is 49.8 Å². The SMILES string of the molecule is CNCCc1c[nH]c2ccc3c(=O)n(Cc4ccccc4)ccc3c12. The second kappa shape index (κ2) is 6.57. The molecule has 4 nitrogen and oxygen atoms in total. The molecule has 0 bridgehead atoms. The quantitative estimate of drug-likeness (QED) is 0.589. The molecule has 2 aromatic carbocycles. The van der Waals surface area contributed by atoms with Crippen molar-refractivity contribution in [2.45, 2.75) is 13.0 Å². The Morgan fingerprint density at radius 2 is 1.88 bits per heavy atom. The Morgan fingerprint density at radius 1 is 1.04 bits per heavy atom. The van der Waals surface area contributed by atoms with Gasteiger partial charge in [-0.25, -0.2) is 0 Å². The second-order valence-corrected chi connectivity index (χ2v) is 6.35. The molecule has 4 rings (SSSR count). The van der Waals surface area contributed by atoms with Gasteiger partial charge in [-0.3, -0.25) is 4.79 Å². The zero-order valence-electron chi connectivity index (χ0n) is 14.3. The van der Waals surface area contributed by atoms with Gasteiger partial charge in [-0.15, -0.1) is 0 Å².